The van der Waals surface area contributed by atoms with Crippen molar-refractivity contribution in [3.63, 3.8) is 0 Å². The average molecular weight is 247 g/mol. The van der Waals surface area contributed by atoms with Gasteiger partial charge in [-0.1, -0.05) is 0 Å². The van der Waals surface area contributed by atoms with E-state index in [1.165, 1.54) is 24.2 Å². The third kappa shape index (κ3) is 2.27. The van der Waals surface area contributed by atoms with Crippen molar-refractivity contribution in [1.82, 2.24) is 19.5 Å². The molecule has 2 aromatic rings. The Morgan fingerprint density at radius 2 is 2.18 bits per heavy atom. The van der Waals surface area contributed by atoms with Crippen LogP contribution in [-0.2, 0) is 13.7 Å². The Balaban J connectivity index is 2.32. The van der Waals surface area contributed by atoms with Crippen LogP contribution >= 0.6 is 11.8 Å². The second-order valence-corrected chi connectivity index (χ2v) is 4.13. The van der Waals surface area contributed by atoms with Gasteiger partial charge < -0.3 is 9.67 Å². The lowest BCUT2D eigenvalue weighted by atomic mass is 10.5. The standard InChI is InChI=1S/C10H9N5OS/c1-15-7(6-16)5-14-10(15)17-9-8(4-11)12-2-3-13-9/h2-3,5,16H,6H2,1H3. The molecule has 0 aliphatic carbocycles. The molecule has 2 rings (SSSR count). The second kappa shape index (κ2) is 4.95. The van der Waals surface area contributed by atoms with E-state index >= 15 is 0 Å². The summed E-state index contributed by atoms with van der Waals surface area (Å²) in [5.41, 5.74) is 0.973. The SMILES string of the molecule is Cn1c(CO)cnc1Sc1nccnc1C#N. The fourth-order valence-electron chi connectivity index (χ4n) is 1.23. The zero-order valence-electron chi connectivity index (χ0n) is 9.03. The van der Waals surface area contributed by atoms with Crippen LogP contribution in [0.5, 0.6) is 0 Å². The Kier molecular flexibility index (Phi) is 3.37. The van der Waals surface area contributed by atoms with E-state index in [1.807, 2.05) is 6.07 Å². The molecule has 0 aromatic carbocycles. The molecule has 0 fully saturated rings. The summed E-state index contributed by atoms with van der Waals surface area (Å²) in [4.78, 5) is 12.1. The first kappa shape index (κ1) is 11.6. The van der Waals surface area contributed by atoms with Crippen LogP contribution in [0.15, 0.2) is 28.8 Å². The van der Waals surface area contributed by atoms with Gasteiger partial charge in [0.15, 0.2) is 10.9 Å². The minimum Gasteiger partial charge on any atom is -0.390 e. The molecule has 0 radical (unpaired) electrons. The highest BCUT2D eigenvalue weighted by Crippen LogP contribution is 2.26. The highest BCUT2D eigenvalue weighted by atomic mass is 32.2. The van der Waals surface area contributed by atoms with Gasteiger partial charge in [0.05, 0.1) is 18.5 Å². The number of rotatable bonds is 3. The Morgan fingerprint density at radius 3 is 2.82 bits per heavy atom. The first-order chi connectivity index (χ1) is 8.26. The van der Waals surface area contributed by atoms with E-state index in [9.17, 15) is 0 Å². The zero-order chi connectivity index (χ0) is 12.3. The number of hydrogen-bond acceptors (Lipinski definition) is 6. The van der Waals surface area contributed by atoms with Crippen molar-refractivity contribution in [2.45, 2.75) is 16.8 Å². The van der Waals surface area contributed by atoms with Crippen LogP contribution in [0.25, 0.3) is 0 Å². The van der Waals surface area contributed by atoms with Crippen molar-refractivity contribution >= 4 is 11.8 Å². The zero-order valence-corrected chi connectivity index (χ0v) is 9.85. The van der Waals surface area contributed by atoms with E-state index in [4.69, 9.17) is 10.4 Å². The fourth-order valence-corrected chi connectivity index (χ4v) is 2.07. The molecular formula is C10H9N5OS. The third-order valence-corrected chi connectivity index (χ3v) is 3.22. The number of aromatic nitrogens is 4. The summed E-state index contributed by atoms with van der Waals surface area (Å²) in [5.74, 6) is 0. The first-order valence-corrected chi connectivity index (χ1v) is 5.58. The predicted octanol–water partition coefficient (Wildman–Crippen LogP) is 0.725. The van der Waals surface area contributed by atoms with E-state index in [2.05, 4.69) is 15.0 Å². The molecule has 0 spiro atoms. The van der Waals surface area contributed by atoms with Gasteiger partial charge >= 0.3 is 0 Å². The smallest absolute Gasteiger partial charge is 0.174 e. The minimum absolute atomic E-state index is 0.0738. The summed E-state index contributed by atoms with van der Waals surface area (Å²) in [7, 11) is 1.79. The molecule has 0 bridgehead atoms. The van der Waals surface area contributed by atoms with Crippen molar-refractivity contribution in [3.8, 4) is 6.07 Å². The quantitative estimate of drug-likeness (QED) is 0.860. The van der Waals surface area contributed by atoms with Gasteiger partial charge in [0.2, 0.25) is 0 Å². The highest BCUT2D eigenvalue weighted by Gasteiger charge is 2.11. The maximum Gasteiger partial charge on any atom is 0.174 e. The van der Waals surface area contributed by atoms with Gasteiger partial charge in [0.25, 0.3) is 0 Å². The van der Waals surface area contributed by atoms with Gasteiger partial charge in [-0.05, 0) is 11.8 Å². The van der Waals surface area contributed by atoms with E-state index in [-0.39, 0.29) is 12.3 Å². The van der Waals surface area contributed by atoms with Gasteiger partial charge in [0, 0.05) is 19.4 Å². The van der Waals surface area contributed by atoms with Crippen LogP contribution < -0.4 is 0 Å². The summed E-state index contributed by atoms with van der Waals surface area (Å²) in [5, 5.41) is 19.1. The molecule has 0 aliphatic heterocycles. The molecule has 0 aliphatic rings. The summed E-state index contributed by atoms with van der Waals surface area (Å²) in [6.45, 7) is -0.0738. The van der Waals surface area contributed by atoms with Crippen LogP contribution in [-0.4, -0.2) is 24.6 Å². The molecule has 0 saturated carbocycles. The maximum absolute atomic E-state index is 9.05. The predicted molar refractivity (Wildman–Crippen MR) is 60.0 cm³/mol. The summed E-state index contributed by atoms with van der Waals surface area (Å²) < 4.78 is 1.75. The lowest BCUT2D eigenvalue weighted by Crippen LogP contribution is -1.98. The van der Waals surface area contributed by atoms with E-state index in [0.717, 1.165) is 0 Å². The van der Waals surface area contributed by atoms with Crippen molar-refractivity contribution < 1.29 is 5.11 Å². The van der Waals surface area contributed by atoms with Crippen molar-refractivity contribution in [3.05, 3.63) is 30.0 Å². The minimum atomic E-state index is -0.0738. The molecule has 0 atom stereocenters. The molecular weight excluding hydrogens is 238 g/mol. The first-order valence-electron chi connectivity index (χ1n) is 4.76. The number of hydrogen-bond donors (Lipinski definition) is 1. The lowest BCUT2D eigenvalue weighted by Gasteiger charge is -2.03. The molecule has 0 amide bonds. The summed E-state index contributed by atoms with van der Waals surface area (Å²) in [6.07, 6.45) is 4.59. The molecule has 17 heavy (non-hydrogen) atoms. The van der Waals surface area contributed by atoms with Crippen LogP contribution in [0, 0.1) is 11.3 Å². The lowest BCUT2D eigenvalue weighted by molar-refractivity contribution is 0.271. The molecule has 0 saturated heterocycles. The third-order valence-electron chi connectivity index (χ3n) is 2.16. The van der Waals surface area contributed by atoms with Gasteiger partial charge in [-0.3, -0.25) is 0 Å². The van der Waals surface area contributed by atoms with Crippen molar-refractivity contribution in [2.24, 2.45) is 7.05 Å². The molecule has 86 valence electrons. The second-order valence-electron chi connectivity index (χ2n) is 3.17. The molecule has 0 unspecified atom stereocenters. The number of nitriles is 1. The number of aliphatic hydroxyl groups excluding tert-OH is 1. The highest BCUT2D eigenvalue weighted by molar-refractivity contribution is 7.99. The van der Waals surface area contributed by atoms with Gasteiger partial charge in [-0.2, -0.15) is 5.26 Å². The normalized spacial score (nSPS) is 10.2. The molecule has 2 heterocycles. The molecule has 6 nitrogen and oxygen atoms in total. The Labute approximate surface area is 102 Å². The Hall–Kier alpha value is -1.91. The van der Waals surface area contributed by atoms with Gasteiger partial charge in [-0.25, -0.2) is 15.0 Å². The van der Waals surface area contributed by atoms with Crippen LogP contribution in [0.2, 0.25) is 0 Å². The molecule has 7 heteroatoms. The monoisotopic (exact) mass is 247 g/mol. The maximum atomic E-state index is 9.05. The Morgan fingerprint density at radius 1 is 1.41 bits per heavy atom. The van der Waals surface area contributed by atoms with Crippen LogP contribution in [0.4, 0.5) is 0 Å². The van der Waals surface area contributed by atoms with E-state index < -0.39 is 0 Å². The number of aliphatic hydroxyl groups is 1. The van der Waals surface area contributed by atoms with Crippen molar-refractivity contribution in [2.75, 3.05) is 0 Å². The largest absolute Gasteiger partial charge is 0.390 e. The molecule has 2 aromatic heterocycles. The van der Waals surface area contributed by atoms with Gasteiger partial charge in [-0.15, -0.1) is 0 Å². The summed E-state index contributed by atoms with van der Waals surface area (Å²) in [6, 6.07) is 1.98. The molecule has 1 N–H and O–H groups in total. The van der Waals surface area contributed by atoms with E-state index in [0.29, 0.717) is 15.9 Å². The summed E-state index contributed by atoms with van der Waals surface area (Å²) >= 11 is 1.25. The number of imidazole rings is 1. The fraction of sp³-hybridized carbons (Fsp3) is 0.200. The van der Waals surface area contributed by atoms with Crippen molar-refractivity contribution in [1.29, 1.82) is 5.26 Å². The number of nitrogens with zero attached hydrogens (tertiary/aromatic N) is 5. The average Bonchev–Trinajstić information content (AvgIpc) is 2.71. The topological polar surface area (TPSA) is 87.6 Å². The van der Waals surface area contributed by atoms with E-state index in [1.54, 1.807) is 17.8 Å². The van der Waals surface area contributed by atoms with Crippen LogP contribution in [0.1, 0.15) is 11.4 Å². The van der Waals surface area contributed by atoms with Crippen LogP contribution in [0.3, 0.4) is 0 Å². The van der Waals surface area contributed by atoms with Gasteiger partial charge in [0.1, 0.15) is 11.1 Å². The Bertz CT molecular complexity index is 574.